The van der Waals surface area contributed by atoms with Crippen molar-refractivity contribution < 1.29 is 9.18 Å². The first-order valence-electron chi connectivity index (χ1n) is 6.59. The minimum atomic E-state index is -0.356. The fourth-order valence-electron chi connectivity index (χ4n) is 2.40. The molecule has 0 atom stereocenters. The Labute approximate surface area is 113 Å². The molecule has 4 nitrogen and oxygen atoms in total. The summed E-state index contributed by atoms with van der Waals surface area (Å²) < 4.78 is 13.3. The molecule has 2 N–H and O–H groups in total. The molecule has 1 aliphatic rings. The average Bonchev–Trinajstić information content (AvgIpc) is 2.38. The lowest BCUT2D eigenvalue weighted by Crippen LogP contribution is -2.49. The molecule has 2 rings (SSSR count). The normalized spacial score (nSPS) is 16.7. The van der Waals surface area contributed by atoms with Crippen LogP contribution in [0.25, 0.3) is 0 Å². The van der Waals surface area contributed by atoms with Gasteiger partial charge in [0.25, 0.3) is 5.91 Å². The number of aryl methyl sites for hydroxylation is 1. The first-order chi connectivity index (χ1) is 9.10. The Bertz CT molecular complexity index is 436. The summed E-state index contributed by atoms with van der Waals surface area (Å²) in [6.45, 7) is 6.30. The van der Waals surface area contributed by atoms with Crippen molar-refractivity contribution in [3.05, 3.63) is 35.1 Å². The van der Waals surface area contributed by atoms with Crippen LogP contribution in [0.5, 0.6) is 0 Å². The molecule has 1 saturated heterocycles. The molecular weight excluding hydrogens is 245 g/mol. The van der Waals surface area contributed by atoms with Gasteiger partial charge in [-0.25, -0.2) is 4.39 Å². The summed E-state index contributed by atoms with van der Waals surface area (Å²) in [5.41, 5.74) is 6.72. The van der Waals surface area contributed by atoms with Gasteiger partial charge in [-0.2, -0.15) is 0 Å². The van der Waals surface area contributed by atoms with E-state index < -0.39 is 0 Å². The van der Waals surface area contributed by atoms with Crippen LogP contribution in [-0.2, 0) is 0 Å². The monoisotopic (exact) mass is 265 g/mol. The zero-order valence-corrected chi connectivity index (χ0v) is 11.2. The van der Waals surface area contributed by atoms with Gasteiger partial charge in [-0.15, -0.1) is 0 Å². The van der Waals surface area contributed by atoms with Crippen LogP contribution in [0.1, 0.15) is 15.9 Å². The Kier molecular flexibility index (Phi) is 4.50. The number of carbonyl (C=O) groups is 1. The molecule has 1 aromatic rings. The minimum absolute atomic E-state index is 0.0880. The zero-order valence-electron chi connectivity index (χ0n) is 11.2. The molecule has 0 bridgehead atoms. The highest BCUT2D eigenvalue weighted by Crippen LogP contribution is 2.12. The SMILES string of the molecule is Cc1cc(F)cc(C(=O)N2CCN(CCN)CC2)c1. The zero-order chi connectivity index (χ0) is 13.8. The first kappa shape index (κ1) is 14.0. The Balaban J connectivity index is 2.01. The molecule has 5 heteroatoms. The third-order valence-corrected chi connectivity index (χ3v) is 3.39. The predicted octanol–water partition coefficient (Wildman–Crippen LogP) is 0.851. The highest BCUT2D eigenvalue weighted by Gasteiger charge is 2.22. The number of nitrogens with zero attached hydrogens (tertiary/aromatic N) is 2. The van der Waals surface area contributed by atoms with Crippen molar-refractivity contribution >= 4 is 5.91 Å². The van der Waals surface area contributed by atoms with Crippen molar-refractivity contribution in [3.8, 4) is 0 Å². The largest absolute Gasteiger partial charge is 0.336 e. The third kappa shape index (κ3) is 3.52. The van der Waals surface area contributed by atoms with E-state index in [1.54, 1.807) is 17.9 Å². The number of amides is 1. The van der Waals surface area contributed by atoms with Gasteiger partial charge in [-0.3, -0.25) is 9.69 Å². The van der Waals surface area contributed by atoms with Crippen LogP contribution in [0.2, 0.25) is 0 Å². The average molecular weight is 265 g/mol. The second-order valence-electron chi connectivity index (χ2n) is 4.94. The van der Waals surface area contributed by atoms with Crippen LogP contribution in [0.4, 0.5) is 4.39 Å². The minimum Gasteiger partial charge on any atom is -0.336 e. The molecule has 0 radical (unpaired) electrons. The number of rotatable bonds is 3. The number of hydrogen-bond donors (Lipinski definition) is 1. The summed E-state index contributed by atoms with van der Waals surface area (Å²) in [7, 11) is 0. The standard InChI is InChI=1S/C14H20FN3O/c1-11-8-12(10-13(15)9-11)14(19)18-6-4-17(3-2-16)5-7-18/h8-10H,2-7,16H2,1H3. The number of carbonyl (C=O) groups excluding carboxylic acids is 1. The van der Waals surface area contributed by atoms with Crippen LogP contribution < -0.4 is 5.73 Å². The van der Waals surface area contributed by atoms with E-state index in [0.717, 1.165) is 25.2 Å². The molecule has 0 saturated carbocycles. The fraction of sp³-hybridized carbons (Fsp3) is 0.500. The first-order valence-corrected chi connectivity index (χ1v) is 6.59. The van der Waals surface area contributed by atoms with E-state index in [9.17, 15) is 9.18 Å². The third-order valence-electron chi connectivity index (χ3n) is 3.39. The van der Waals surface area contributed by atoms with E-state index in [4.69, 9.17) is 5.73 Å². The topological polar surface area (TPSA) is 49.6 Å². The van der Waals surface area contributed by atoms with E-state index in [0.29, 0.717) is 25.2 Å². The summed E-state index contributed by atoms with van der Waals surface area (Å²) >= 11 is 0. The van der Waals surface area contributed by atoms with Gasteiger partial charge < -0.3 is 10.6 Å². The summed E-state index contributed by atoms with van der Waals surface area (Å²) in [4.78, 5) is 16.3. The van der Waals surface area contributed by atoms with Crippen molar-refractivity contribution in [2.45, 2.75) is 6.92 Å². The quantitative estimate of drug-likeness (QED) is 0.881. The number of piperazine rings is 1. The van der Waals surface area contributed by atoms with E-state index in [-0.39, 0.29) is 11.7 Å². The fourth-order valence-corrected chi connectivity index (χ4v) is 2.40. The van der Waals surface area contributed by atoms with Gasteiger partial charge >= 0.3 is 0 Å². The maximum absolute atomic E-state index is 13.3. The summed E-state index contributed by atoms with van der Waals surface area (Å²) in [6, 6.07) is 4.47. The van der Waals surface area contributed by atoms with Gasteiger partial charge in [0, 0.05) is 44.8 Å². The molecule has 1 amide bonds. The lowest BCUT2D eigenvalue weighted by atomic mass is 10.1. The van der Waals surface area contributed by atoms with E-state index >= 15 is 0 Å². The molecule has 1 aliphatic heterocycles. The van der Waals surface area contributed by atoms with Crippen molar-refractivity contribution in [1.29, 1.82) is 0 Å². The molecule has 0 unspecified atom stereocenters. The van der Waals surface area contributed by atoms with E-state index in [1.165, 1.54) is 12.1 Å². The molecule has 0 aromatic heterocycles. The Morgan fingerprint density at radius 3 is 2.53 bits per heavy atom. The number of nitrogens with two attached hydrogens (primary N) is 1. The van der Waals surface area contributed by atoms with Crippen molar-refractivity contribution in [1.82, 2.24) is 9.80 Å². The Morgan fingerprint density at radius 1 is 1.26 bits per heavy atom. The van der Waals surface area contributed by atoms with Crippen LogP contribution in [0.3, 0.4) is 0 Å². The lowest BCUT2D eigenvalue weighted by molar-refractivity contribution is 0.0640. The maximum atomic E-state index is 13.3. The Morgan fingerprint density at radius 2 is 1.95 bits per heavy atom. The molecule has 1 fully saturated rings. The van der Waals surface area contributed by atoms with Crippen LogP contribution >= 0.6 is 0 Å². The molecule has 104 valence electrons. The van der Waals surface area contributed by atoms with Crippen molar-refractivity contribution in [2.24, 2.45) is 5.73 Å². The van der Waals surface area contributed by atoms with Gasteiger partial charge in [0.2, 0.25) is 0 Å². The second kappa shape index (κ2) is 6.12. The van der Waals surface area contributed by atoms with Gasteiger partial charge in [-0.05, 0) is 30.7 Å². The predicted molar refractivity (Wildman–Crippen MR) is 72.5 cm³/mol. The molecule has 0 aliphatic carbocycles. The Hall–Kier alpha value is -1.46. The van der Waals surface area contributed by atoms with Crippen molar-refractivity contribution in [2.75, 3.05) is 39.3 Å². The summed E-state index contributed by atoms with van der Waals surface area (Å²) in [5, 5.41) is 0. The van der Waals surface area contributed by atoms with Gasteiger partial charge in [0.05, 0.1) is 0 Å². The number of benzene rings is 1. The van der Waals surface area contributed by atoms with Crippen LogP contribution in [0.15, 0.2) is 18.2 Å². The summed E-state index contributed by atoms with van der Waals surface area (Å²) in [6.07, 6.45) is 0. The van der Waals surface area contributed by atoms with Gasteiger partial charge in [0.15, 0.2) is 0 Å². The highest BCUT2D eigenvalue weighted by molar-refractivity contribution is 5.94. The van der Waals surface area contributed by atoms with Crippen LogP contribution in [-0.4, -0.2) is 55.0 Å². The van der Waals surface area contributed by atoms with Gasteiger partial charge in [0.1, 0.15) is 5.82 Å². The highest BCUT2D eigenvalue weighted by atomic mass is 19.1. The number of halogens is 1. The number of hydrogen-bond acceptors (Lipinski definition) is 3. The molecule has 1 heterocycles. The second-order valence-corrected chi connectivity index (χ2v) is 4.94. The van der Waals surface area contributed by atoms with E-state index in [1.807, 2.05) is 0 Å². The smallest absolute Gasteiger partial charge is 0.254 e. The van der Waals surface area contributed by atoms with E-state index in [2.05, 4.69) is 4.90 Å². The van der Waals surface area contributed by atoms with Crippen molar-refractivity contribution in [3.63, 3.8) is 0 Å². The van der Waals surface area contributed by atoms with Crippen LogP contribution in [0, 0.1) is 12.7 Å². The maximum Gasteiger partial charge on any atom is 0.254 e. The molecule has 1 aromatic carbocycles. The van der Waals surface area contributed by atoms with Gasteiger partial charge in [-0.1, -0.05) is 0 Å². The molecule has 19 heavy (non-hydrogen) atoms. The lowest BCUT2D eigenvalue weighted by Gasteiger charge is -2.34. The summed E-state index contributed by atoms with van der Waals surface area (Å²) in [5.74, 6) is -0.444. The molecule has 0 spiro atoms. The molecular formula is C14H20FN3O.